The van der Waals surface area contributed by atoms with Crippen LogP contribution in [-0.2, 0) is 30.3 Å². The summed E-state index contributed by atoms with van der Waals surface area (Å²) in [5, 5.41) is 14.4. The molecule has 0 amide bonds. The number of hydrogen-bond donors (Lipinski definition) is 2. The first-order chi connectivity index (χ1) is 22.6. The third-order valence-electron chi connectivity index (χ3n) is 10.1. The largest absolute Gasteiger partial charge is 0.512 e. The maximum atomic E-state index is 12.2. The Bertz CT molecular complexity index is 1990. The third kappa shape index (κ3) is 8.74. The summed E-state index contributed by atoms with van der Waals surface area (Å²) in [5.41, 5.74) is 4.87. The van der Waals surface area contributed by atoms with Gasteiger partial charge in [-0.2, -0.15) is 0 Å². The molecule has 0 saturated heterocycles. The molecule has 0 fully saturated rings. The van der Waals surface area contributed by atoms with E-state index in [2.05, 4.69) is 91.9 Å². The summed E-state index contributed by atoms with van der Waals surface area (Å²) < 4.78 is 6.10. The SMILES string of the molecule is C/C(S)=C/c1ccc2c(c1)oc1ncnc(-c3[c-]c4ccccc4c(C(C)(C)C)c3)c12.CCC(C)(CC)C(=O)/C=C(\O)C(C)(CC)CC.[Ir]. The second-order valence-corrected chi connectivity index (χ2v) is 15.1. The van der Waals surface area contributed by atoms with Crippen molar-refractivity contribution < 1.29 is 34.4 Å². The van der Waals surface area contributed by atoms with Gasteiger partial charge in [0.2, 0.25) is 5.71 Å². The van der Waals surface area contributed by atoms with E-state index >= 15 is 0 Å². The molecule has 0 atom stereocenters. The van der Waals surface area contributed by atoms with Gasteiger partial charge in [0.05, 0.1) is 0 Å². The summed E-state index contributed by atoms with van der Waals surface area (Å²) in [6, 6.07) is 20.4. The predicted octanol–water partition coefficient (Wildman–Crippen LogP) is 12.2. The van der Waals surface area contributed by atoms with Crippen molar-refractivity contribution in [3.8, 4) is 11.3 Å². The Labute approximate surface area is 311 Å². The number of carbonyl (C=O) groups is 1. The van der Waals surface area contributed by atoms with Crippen molar-refractivity contribution >= 4 is 57.3 Å². The zero-order valence-electron chi connectivity index (χ0n) is 30.6. The van der Waals surface area contributed by atoms with E-state index in [1.165, 1.54) is 17.0 Å². The number of nitrogens with zero attached hydrogens (tertiary/aromatic N) is 2. The number of aromatic nitrogens is 2. The topological polar surface area (TPSA) is 76.2 Å². The smallest absolute Gasteiger partial charge is 0.223 e. The van der Waals surface area contributed by atoms with Crippen molar-refractivity contribution in [2.45, 2.75) is 100 Å². The molecule has 0 aliphatic heterocycles. The molecule has 5 aromatic rings. The van der Waals surface area contributed by atoms with Crippen molar-refractivity contribution in [2.75, 3.05) is 0 Å². The van der Waals surface area contributed by atoms with Gasteiger partial charge in [0.25, 0.3) is 0 Å². The molecule has 0 spiro atoms. The Morgan fingerprint density at radius 2 is 1.53 bits per heavy atom. The van der Waals surface area contributed by atoms with Crippen molar-refractivity contribution in [2.24, 2.45) is 10.8 Å². The summed E-state index contributed by atoms with van der Waals surface area (Å²) in [4.78, 5) is 22.2. The first-order valence-corrected chi connectivity index (χ1v) is 17.5. The molecule has 3 aromatic carbocycles. The molecular formula is C42H51IrN2O3S-. The fraction of sp³-hybridized carbons (Fsp3) is 0.405. The monoisotopic (exact) mass is 856 g/mol. The van der Waals surface area contributed by atoms with Crippen LogP contribution in [0.15, 0.2) is 76.0 Å². The molecule has 2 heterocycles. The van der Waals surface area contributed by atoms with Crippen molar-refractivity contribution in [1.82, 2.24) is 9.97 Å². The minimum Gasteiger partial charge on any atom is -0.512 e. The Morgan fingerprint density at radius 3 is 2.12 bits per heavy atom. The second-order valence-electron chi connectivity index (χ2n) is 14.4. The van der Waals surface area contributed by atoms with Gasteiger partial charge in [-0.25, -0.2) is 4.98 Å². The van der Waals surface area contributed by atoms with Crippen LogP contribution >= 0.6 is 12.6 Å². The molecule has 0 aliphatic rings. The standard InChI is InChI=1S/C27H23N2OS.C15H28O2.Ir/c1-16(31)11-17-9-10-21-23(12-17)30-26-24(21)25(28-15-29-26)19-13-18-7-5-6-8-20(18)22(14-19)27(2,3)4;1-7-14(5,8-2)12(16)11-13(17)15(6,9-3)10-4;/h5-12,14-15,31H,1-4H3;11,16H,7-10H2,1-6H3;/q-1;;/b16-11-;12-11-;. The van der Waals surface area contributed by atoms with E-state index in [0.29, 0.717) is 5.71 Å². The second kappa shape index (κ2) is 16.2. The molecule has 5 nitrogen and oxygen atoms in total. The van der Waals surface area contributed by atoms with E-state index in [1.54, 1.807) is 6.33 Å². The van der Waals surface area contributed by atoms with E-state index in [0.717, 1.165) is 69.2 Å². The molecule has 0 unspecified atom stereocenters. The number of furan rings is 1. The van der Waals surface area contributed by atoms with E-state index in [-0.39, 0.29) is 47.9 Å². The van der Waals surface area contributed by atoms with Gasteiger partial charge in [0.1, 0.15) is 17.7 Å². The summed E-state index contributed by atoms with van der Waals surface area (Å²) in [6.45, 7) is 20.7. The van der Waals surface area contributed by atoms with Gasteiger partial charge in [0.15, 0.2) is 5.78 Å². The number of aliphatic hydroxyl groups is 1. The van der Waals surface area contributed by atoms with E-state index < -0.39 is 0 Å². The van der Waals surface area contributed by atoms with E-state index in [9.17, 15) is 9.90 Å². The number of thiol groups is 1. The van der Waals surface area contributed by atoms with Crippen LogP contribution < -0.4 is 0 Å². The van der Waals surface area contributed by atoms with Gasteiger partial charge in [0, 0.05) is 53.5 Å². The third-order valence-corrected chi connectivity index (χ3v) is 10.2. The Hall–Kier alpha value is -3.25. The number of carbonyl (C=O) groups excluding carboxylic acids is 1. The fourth-order valence-electron chi connectivity index (χ4n) is 5.82. The average Bonchev–Trinajstić information content (AvgIpc) is 3.44. The Kier molecular flexibility index (Phi) is 13.3. The van der Waals surface area contributed by atoms with Crippen molar-refractivity contribution in [3.63, 3.8) is 0 Å². The van der Waals surface area contributed by atoms with Crippen LogP contribution in [-0.4, -0.2) is 20.9 Å². The molecule has 49 heavy (non-hydrogen) atoms. The molecule has 0 aliphatic carbocycles. The normalized spacial score (nSPS) is 13.0. The zero-order chi connectivity index (χ0) is 35.4. The summed E-state index contributed by atoms with van der Waals surface area (Å²) >= 11 is 4.38. The van der Waals surface area contributed by atoms with Crippen LogP contribution in [0, 0.1) is 16.9 Å². The number of benzene rings is 3. The van der Waals surface area contributed by atoms with Gasteiger partial charge in [-0.1, -0.05) is 104 Å². The van der Waals surface area contributed by atoms with Crippen LogP contribution in [0.25, 0.3) is 50.2 Å². The van der Waals surface area contributed by atoms with Crippen LogP contribution in [0.3, 0.4) is 0 Å². The van der Waals surface area contributed by atoms with Gasteiger partial charge in [-0.05, 0) is 60.6 Å². The van der Waals surface area contributed by atoms with Crippen LogP contribution in [0.2, 0.25) is 0 Å². The number of hydrogen-bond acceptors (Lipinski definition) is 6. The van der Waals surface area contributed by atoms with Gasteiger partial charge >= 0.3 is 0 Å². The molecule has 2 aromatic heterocycles. The minimum absolute atomic E-state index is 0. The van der Waals surface area contributed by atoms with Gasteiger partial charge in [-0.3, -0.25) is 9.78 Å². The summed E-state index contributed by atoms with van der Waals surface area (Å²) in [5.74, 6) is 0.286. The fourth-order valence-corrected chi connectivity index (χ4v) is 5.97. The molecule has 7 heteroatoms. The molecule has 1 N–H and O–H groups in total. The Balaban J connectivity index is 0.000000312. The first-order valence-electron chi connectivity index (χ1n) is 17.1. The minimum atomic E-state index is -0.337. The molecule has 263 valence electrons. The number of allylic oxidation sites excluding steroid dienone is 3. The maximum Gasteiger partial charge on any atom is 0.223 e. The molecule has 1 radical (unpaired) electrons. The molecule has 5 rings (SSSR count). The number of ketones is 1. The number of aliphatic hydroxyl groups excluding tert-OH is 1. The van der Waals surface area contributed by atoms with Gasteiger partial charge < -0.3 is 9.52 Å². The number of rotatable bonds is 9. The van der Waals surface area contributed by atoms with E-state index in [1.807, 2.05) is 60.6 Å². The van der Waals surface area contributed by atoms with Gasteiger partial charge in [-0.15, -0.1) is 41.8 Å². The molecule has 0 bridgehead atoms. The van der Waals surface area contributed by atoms with Crippen LogP contribution in [0.4, 0.5) is 0 Å². The van der Waals surface area contributed by atoms with Crippen molar-refractivity contribution in [1.29, 1.82) is 0 Å². The summed E-state index contributed by atoms with van der Waals surface area (Å²) in [7, 11) is 0. The maximum absolute atomic E-state index is 12.2. The summed E-state index contributed by atoms with van der Waals surface area (Å²) in [6.07, 6.45) is 8.33. The van der Waals surface area contributed by atoms with Crippen LogP contribution in [0.1, 0.15) is 106 Å². The quantitative estimate of drug-likeness (QED) is 0.0668. The van der Waals surface area contributed by atoms with Crippen LogP contribution in [0.5, 0.6) is 0 Å². The van der Waals surface area contributed by atoms with E-state index in [4.69, 9.17) is 4.42 Å². The van der Waals surface area contributed by atoms with Crippen molar-refractivity contribution in [3.05, 3.63) is 88.8 Å². The Morgan fingerprint density at radius 1 is 0.898 bits per heavy atom. The predicted molar refractivity (Wildman–Crippen MR) is 206 cm³/mol. The number of fused-ring (bicyclic) bond motifs is 4. The first kappa shape index (κ1) is 40.2. The molecule has 0 saturated carbocycles. The zero-order valence-corrected chi connectivity index (χ0v) is 33.9. The average molecular weight is 856 g/mol. The molecular weight excluding hydrogens is 805 g/mol.